The van der Waals surface area contributed by atoms with Crippen LogP contribution in [0, 0.1) is 5.92 Å². The largest absolute Gasteiger partial charge is 0.378 e. The van der Waals surface area contributed by atoms with Crippen molar-refractivity contribution in [3.63, 3.8) is 0 Å². The molecule has 1 aliphatic rings. The van der Waals surface area contributed by atoms with Crippen molar-refractivity contribution < 1.29 is 4.74 Å². The third-order valence-corrected chi connectivity index (χ3v) is 3.44. The fraction of sp³-hybridized carbons (Fsp3) is 1.00. The smallest absolute Gasteiger partial charge is 0.0613 e. The van der Waals surface area contributed by atoms with Gasteiger partial charge in [-0.2, -0.15) is 0 Å². The Hall–Kier alpha value is -0.120. The summed E-state index contributed by atoms with van der Waals surface area (Å²) in [6, 6.07) is 0. The molecule has 0 aliphatic carbocycles. The molecule has 0 aromatic heterocycles. The molecule has 17 heavy (non-hydrogen) atoms. The summed E-state index contributed by atoms with van der Waals surface area (Å²) in [5.74, 6) is 0.736. The summed E-state index contributed by atoms with van der Waals surface area (Å²) >= 11 is 0. The van der Waals surface area contributed by atoms with Crippen molar-refractivity contribution in [3.05, 3.63) is 0 Å². The van der Waals surface area contributed by atoms with Crippen LogP contribution in [0.4, 0.5) is 0 Å². The Morgan fingerprint density at radius 3 is 2.65 bits per heavy atom. The molecule has 1 saturated heterocycles. The van der Waals surface area contributed by atoms with Crippen molar-refractivity contribution in [2.75, 3.05) is 33.3 Å². The van der Waals surface area contributed by atoms with Crippen LogP contribution in [0.25, 0.3) is 0 Å². The highest BCUT2D eigenvalue weighted by molar-refractivity contribution is 4.78. The molecule has 0 bridgehead atoms. The van der Waals surface area contributed by atoms with E-state index in [1.54, 1.807) is 0 Å². The molecule has 1 aliphatic heterocycles. The number of nitrogens with zero attached hydrogens (tertiary/aromatic N) is 1. The number of nitrogens with one attached hydrogen (secondary N) is 1. The third kappa shape index (κ3) is 5.84. The number of likely N-dealkylation sites (N-methyl/N-ethyl adjacent to an activating group) is 1. The lowest BCUT2D eigenvalue weighted by molar-refractivity contribution is 0.0784. The molecule has 2 unspecified atom stereocenters. The van der Waals surface area contributed by atoms with Crippen LogP contribution in [0.5, 0.6) is 0 Å². The van der Waals surface area contributed by atoms with Crippen LogP contribution in [0.2, 0.25) is 0 Å². The summed E-state index contributed by atoms with van der Waals surface area (Å²) in [5, 5.41) is 3.53. The highest BCUT2D eigenvalue weighted by atomic mass is 16.5. The average molecular weight is 242 g/mol. The summed E-state index contributed by atoms with van der Waals surface area (Å²) in [5.41, 5.74) is 0.225. The Kier molecular flexibility index (Phi) is 5.90. The van der Waals surface area contributed by atoms with Gasteiger partial charge in [0.1, 0.15) is 0 Å². The van der Waals surface area contributed by atoms with Crippen molar-refractivity contribution in [2.24, 2.45) is 5.92 Å². The second kappa shape index (κ2) is 6.72. The van der Waals surface area contributed by atoms with E-state index in [4.69, 9.17) is 4.74 Å². The van der Waals surface area contributed by atoms with Gasteiger partial charge in [0.2, 0.25) is 0 Å². The van der Waals surface area contributed by atoms with Crippen LogP contribution in [0.3, 0.4) is 0 Å². The van der Waals surface area contributed by atoms with Gasteiger partial charge >= 0.3 is 0 Å². The van der Waals surface area contributed by atoms with Gasteiger partial charge in [0, 0.05) is 31.8 Å². The summed E-state index contributed by atoms with van der Waals surface area (Å²) in [6.45, 7) is 13.2. The summed E-state index contributed by atoms with van der Waals surface area (Å²) in [6.07, 6.45) is 2.88. The lowest BCUT2D eigenvalue weighted by Gasteiger charge is -2.26. The number of ether oxygens (including phenoxy) is 1. The molecule has 0 radical (unpaired) electrons. The van der Waals surface area contributed by atoms with Crippen molar-refractivity contribution in [1.82, 2.24) is 10.2 Å². The van der Waals surface area contributed by atoms with Gasteiger partial charge in [-0.25, -0.2) is 0 Å². The van der Waals surface area contributed by atoms with Crippen molar-refractivity contribution in [3.8, 4) is 0 Å². The number of hydrogen-bond donors (Lipinski definition) is 1. The van der Waals surface area contributed by atoms with E-state index < -0.39 is 0 Å². The van der Waals surface area contributed by atoms with E-state index in [1.807, 2.05) is 0 Å². The molecule has 0 saturated carbocycles. The molecule has 1 fully saturated rings. The molecule has 102 valence electrons. The number of hydrogen-bond acceptors (Lipinski definition) is 3. The molecule has 1 N–H and O–H groups in total. The molecule has 0 spiro atoms. The average Bonchev–Trinajstić information content (AvgIpc) is 2.63. The molecule has 0 amide bonds. The van der Waals surface area contributed by atoms with Gasteiger partial charge in [-0.05, 0) is 46.6 Å². The maximum Gasteiger partial charge on any atom is 0.0613 e. The quantitative estimate of drug-likeness (QED) is 0.772. The minimum Gasteiger partial charge on any atom is -0.378 e. The Balaban J connectivity index is 2.18. The Labute approximate surface area is 107 Å². The second-order valence-electron chi connectivity index (χ2n) is 6.31. The minimum atomic E-state index is 0.225. The van der Waals surface area contributed by atoms with Gasteiger partial charge in [-0.3, -0.25) is 0 Å². The highest BCUT2D eigenvalue weighted by Gasteiger charge is 2.27. The first-order valence-corrected chi connectivity index (χ1v) is 6.97. The molecule has 3 nitrogen and oxygen atoms in total. The molecule has 0 aromatic carbocycles. The lowest BCUT2D eigenvalue weighted by atomic mass is 9.99. The van der Waals surface area contributed by atoms with E-state index in [1.165, 1.54) is 13.0 Å². The normalized spacial score (nSPS) is 25.8. The summed E-state index contributed by atoms with van der Waals surface area (Å²) < 4.78 is 5.73. The van der Waals surface area contributed by atoms with E-state index in [0.29, 0.717) is 6.10 Å². The van der Waals surface area contributed by atoms with Gasteiger partial charge in [0.15, 0.2) is 0 Å². The first-order valence-electron chi connectivity index (χ1n) is 6.97. The maximum absolute atomic E-state index is 5.73. The van der Waals surface area contributed by atoms with Gasteiger partial charge in [0.25, 0.3) is 0 Å². The number of rotatable bonds is 6. The topological polar surface area (TPSA) is 24.5 Å². The molecule has 1 heterocycles. The molecule has 0 aromatic rings. The molecular weight excluding hydrogens is 212 g/mol. The summed E-state index contributed by atoms with van der Waals surface area (Å²) in [4.78, 5) is 2.43. The standard InChI is InChI=1S/C14H30N2O/c1-6-13-12(7-10-17-13)11-16(5)9-8-15-14(2,3)4/h12-13,15H,6-11H2,1-5H3. The zero-order valence-corrected chi connectivity index (χ0v) is 12.3. The first kappa shape index (κ1) is 14.9. The highest BCUT2D eigenvalue weighted by Crippen LogP contribution is 2.23. The molecule has 2 atom stereocenters. The van der Waals surface area contributed by atoms with E-state index >= 15 is 0 Å². The fourth-order valence-corrected chi connectivity index (χ4v) is 2.47. The second-order valence-corrected chi connectivity index (χ2v) is 6.31. The minimum absolute atomic E-state index is 0.225. The van der Waals surface area contributed by atoms with Crippen molar-refractivity contribution >= 4 is 0 Å². The van der Waals surface area contributed by atoms with Gasteiger partial charge in [-0.1, -0.05) is 6.92 Å². The zero-order chi connectivity index (χ0) is 12.9. The SMILES string of the molecule is CCC1OCCC1CN(C)CCNC(C)(C)C. The van der Waals surface area contributed by atoms with Crippen molar-refractivity contribution in [1.29, 1.82) is 0 Å². The van der Waals surface area contributed by atoms with Crippen LogP contribution in [0.1, 0.15) is 40.5 Å². The van der Waals surface area contributed by atoms with Crippen LogP contribution in [0.15, 0.2) is 0 Å². The van der Waals surface area contributed by atoms with Crippen LogP contribution >= 0.6 is 0 Å². The van der Waals surface area contributed by atoms with Crippen molar-refractivity contribution in [2.45, 2.75) is 52.2 Å². The third-order valence-electron chi connectivity index (χ3n) is 3.44. The zero-order valence-electron chi connectivity index (χ0n) is 12.3. The Morgan fingerprint density at radius 2 is 2.06 bits per heavy atom. The van der Waals surface area contributed by atoms with E-state index in [-0.39, 0.29) is 5.54 Å². The van der Waals surface area contributed by atoms with Gasteiger partial charge in [-0.15, -0.1) is 0 Å². The lowest BCUT2D eigenvalue weighted by Crippen LogP contribution is -2.41. The maximum atomic E-state index is 5.73. The Bertz CT molecular complexity index is 213. The fourth-order valence-electron chi connectivity index (χ4n) is 2.47. The van der Waals surface area contributed by atoms with Crippen LogP contribution in [-0.2, 0) is 4.74 Å². The molecular formula is C14H30N2O. The predicted octanol–water partition coefficient (Wildman–Crippen LogP) is 2.12. The summed E-state index contributed by atoms with van der Waals surface area (Å²) in [7, 11) is 2.22. The van der Waals surface area contributed by atoms with Gasteiger partial charge in [0.05, 0.1) is 6.10 Å². The molecule has 1 rings (SSSR count). The van der Waals surface area contributed by atoms with Gasteiger partial charge < -0.3 is 15.0 Å². The van der Waals surface area contributed by atoms with E-state index in [9.17, 15) is 0 Å². The predicted molar refractivity (Wildman–Crippen MR) is 73.4 cm³/mol. The first-order chi connectivity index (χ1) is 7.92. The molecule has 3 heteroatoms. The van der Waals surface area contributed by atoms with E-state index in [0.717, 1.165) is 32.0 Å². The Morgan fingerprint density at radius 1 is 1.35 bits per heavy atom. The van der Waals surface area contributed by atoms with E-state index in [2.05, 4.69) is 45.0 Å². The van der Waals surface area contributed by atoms with Crippen LogP contribution < -0.4 is 5.32 Å². The monoisotopic (exact) mass is 242 g/mol. The van der Waals surface area contributed by atoms with Crippen LogP contribution in [-0.4, -0.2) is 49.8 Å².